The maximum absolute atomic E-state index is 11.7. The van der Waals surface area contributed by atoms with Crippen molar-refractivity contribution in [2.45, 2.75) is 39.7 Å². The van der Waals surface area contributed by atoms with Crippen molar-refractivity contribution in [3.63, 3.8) is 0 Å². The molecule has 18 heavy (non-hydrogen) atoms. The van der Waals surface area contributed by atoms with Crippen molar-refractivity contribution in [3.05, 3.63) is 22.3 Å². The number of nitrogens with one attached hydrogen (secondary N) is 2. The fourth-order valence-corrected chi connectivity index (χ4v) is 1.59. The molecule has 0 bridgehead atoms. The van der Waals surface area contributed by atoms with Crippen molar-refractivity contribution in [3.8, 4) is 0 Å². The lowest BCUT2D eigenvalue weighted by molar-refractivity contribution is -0.116. The zero-order chi connectivity index (χ0) is 13.8. The minimum absolute atomic E-state index is 0.0269. The molecule has 1 aromatic heterocycles. The summed E-state index contributed by atoms with van der Waals surface area (Å²) in [6.07, 6.45) is 0.439. The van der Waals surface area contributed by atoms with Gasteiger partial charge in [-0.25, -0.2) is 4.98 Å². The molecule has 5 heteroatoms. The molecule has 0 atom stereocenters. The van der Waals surface area contributed by atoms with Crippen LogP contribution in [0.4, 0.5) is 5.82 Å². The van der Waals surface area contributed by atoms with E-state index < -0.39 is 0 Å². The Morgan fingerprint density at radius 3 is 2.61 bits per heavy atom. The summed E-state index contributed by atoms with van der Waals surface area (Å²) in [5.41, 5.74) is 0.896. The molecule has 1 rings (SSSR count). The number of rotatable bonds is 4. The predicted molar refractivity (Wildman–Crippen MR) is 77.7 cm³/mol. The van der Waals surface area contributed by atoms with Gasteiger partial charge in [-0.2, -0.15) is 0 Å². The Morgan fingerprint density at radius 2 is 2.06 bits per heavy atom. The molecule has 0 unspecified atom stereocenters. The summed E-state index contributed by atoms with van der Waals surface area (Å²) in [4.78, 5) is 16.0. The van der Waals surface area contributed by atoms with Crippen LogP contribution < -0.4 is 10.6 Å². The molecule has 1 heterocycles. The van der Waals surface area contributed by atoms with E-state index in [-0.39, 0.29) is 11.4 Å². The molecular formula is C13H20BrN3O. The number of aromatic nitrogens is 1. The second-order valence-electron chi connectivity index (χ2n) is 5.24. The maximum atomic E-state index is 11.7. The van der Waals surface area contributed by atoms with E-state index in [1.807, 2.05) is 13.0 Å². The molecule has 4 nitrogen and oxygen atoms in total. The third-order valence-electron chi connectivity index (χ3n) is 2.30. The van der Waals surface area contributed by atoms with Crippen LogP contribution in [0, 0.1) is 6.92 Å². The molecular weight excluding hydrogens is 294 g/mol. The minimum atomic E-state index is -0.0269. The van der Waals surface area contributed by atoms with Gasteiger partial charge in [-0.15, -0.1) is 0 Å². The molecule has 0 aliphatic carbocycles. The van der Waals surface area contributed by atoms with Crippen molar-refractivity contribution in [1.29, 1.82) is 0 Å². The lowest BCUT2D eigenvalue weighted by Crippen LogP contribution is -2.37. The summed E-state index contributed by atoms with van der Waals surface area (Å²) in [6.45, 7) is 8.77. The van der Waals surface area contributed by atoms with Crippen LogP contribution in [0.15, 0.2) is 16.6 Å². The predicted octanol–water partition coefficient (Wildman–Crippen LogP) is 2.87. The quantitative estimate of drug-likeness (QED) is 0.898. The summed E-state index contributed by atoms with van der Waals surface area (Å²) < 4.78 is 0.940. The SMILES string of the molecule is Cc1nc(NC(=O)CCNC(C)(C)C)ccc1Br. The number of halogens is 1. The highest BCUT2D eigenvalue weighted by Gasteiger charge is 2.10. The van der Waals surface area contributed by atoms with Gasteiger partial charge >= 0.3 is 0 Å². The van der Waals surface area contributed by atoms with E-state index in [1.165, 1.54) is 0 Å². The molecule has 2 N–H and O–H groups in total. The van der Waals surface area contributed by atoms with E-state index in [9.17, 15) is 4.79 Å². The van der Waals surface area contributed by atoms with Gasteiger partial charge in [0.25, 0.3) is 0 Å². The van der Waals surface area contributed by atoms with Gasteiger partial charge in [0.15, 0.2) is 0 Å². The van der Waals surface area contributed by atoms with Crippen LogP contribution in [0.25, 0.3) is 0 Å². The lowest BCUT2D eigenvalue weighted by atomic mass is 10.1. The second-order valence-corrected chi connectivity index (χ2v) is 6.09. The molecule has 0 saturated carbocycles. The molecule has 100 valence electrons. The van der Waals surface area contributed by atoms with Gasteiger partial charge in [0.2, 0.25) is 5.91 Å². The number of hydrogen-bond donors (Lipinski definition) is 2. The maximum Gasteiger partial charge on any atom is 0.226 e. The first-order valence-corrected chi connectivity index (χ1v) is 6.75. The monoisotopic (exact) mass is 313 g/mol. The first-order chi connectivity index (χ1) is 8.28. The minimum Gasteiger partial charge on any atom is -0.312 e. The first kappa shape index (κ1) is 15.1. The zero-order valence-corrected chi connectivity index (χ0v) is 12.9. The van der Waals surface area contributed by atoms with Crippen molar-refractivity contribution >= 4 is 27.7 Å². The third-order valence-corrected chi connectivity index (χ3v) is 3.13. The molecule has 0 aliphatic heterocycles. The van der Waals surface area contributed by atoms with Gasteiger partial charge in [0.05, 0.1) is 5.69 Å². The highest BCUT2D eigenvalue weighted by Crippen LogP contribution is 2.16. The number of carbonyl (C=O) groups excluding carboxylic acids is 1. The topological polar surface area (TPSA) is 54.0 Å². The molecule has 0 radical (unpaired) electrons. The van der Waals surface area contributed by atoms with E-state index >= 15 is 0 Å². The highest BCUT2D eigenvalue weighted by molar-refractivity contribution is 9.10. The Labute approximate surface area is 117 Å². The largest absolute Gasteiger partial charge is 0.312 e. The Bertz CT molecular complexity index is 427. The average molecular weight is 314 g/mol. The molecule has 1 amide bonds. The number of hydrogen-bond acceptors (Lipinski definition) is 3. The summed E-state index contributed by atoms with van der Waals surface area (Å²) >= 11 is 3.37. The fourth-order valence-electron chi connectivity index (χ4n) is 1.37. The number of pyridine rings is 1. The van der Waals surface area contributed by atoms with Crippen molar-refractivity contribution in [2.24, 2.45) is 0 Å². The fraction of sp³-hybridized carbons (Fsp3) is 0.538. The van der Waals surface area contributed by atoms with Crippen molar-refractivity contribution < 1.29 is 4.79 Å². The van der Waals surface area contributed by atoms with Crippen LogP contribution in [0.2, 0.25) is 0 Å². The van der Waals surface area contributed by atoms with Gasteiger partial charge in [-0.1, -0.05) is 0 Å². The standard InChI is InChI=1S/C13H20BrN3O/c1-9-10(14)5-6-11(16-9)17-12(18)7-8-15-13(2,3)4/h5-6,15H,7-8H2,1-4H3,(H,16,17,18). The molecule has 0 saturated heterocycles. The van der Waals surface area contributed by atoms with Gasteiger partial charge in [-0.3, -0.25) is 4.79 Å². The van der Waals surface area contributed by atoms with E-state index in [0.717, 1.165) is 10.2 Å². The van der Waals surface area contributed by atoms with Crippen LogP contribution in [0.3, 0.4) is 0 Å². The van der Waals surface area contributed by atoms with Crippen LogP contribution >= 0.6 is 15.9 Å². The summed E-state index contributed by atoms with van der Waals surface area (Å²) in [7, 11) is 0. The van der Waals surface area contributed by atoms with E-state index in [2.05, 4.69) is 52.3 Å². The van der Waals surface area contributed by atoms with Crippen LogP contribution in [-0.2, 0) is 4.79 Å². The Hall–Kier alpha value is -0.940. The van der Waals surface area contributed by atoms with E-state index in [0.29, 0.717) is 18.8 Å². The van der Waals surface area contributed by atoms with Crippen LogP contribution in [0.1, 0.15) is 32.9 Å². The smallest absolute Gasteiger partial charge is 0.226 e. The highest BCUT2D eigenvalue weighted by atomic mass is 79.9. The summed E-state index contributed by atoms with van der Waals surface area (Å²) in [5.74, 6) is 0.567. The van der Waals surface area contributed by atoms with Crippen molar-refractivity contribution in [2.75, 3.05) is 11.9 Å². The van der Waals surface area contributed by atoms with Gasteiger partial charge in [0, 0.05) is 23.0 Å². The molecule has 0 fully saturated rings. The average Bonchev–Trinajstić information content (AvgIpc) is 2.21. The molecule has 0 aliphatic rings. The second kappa shape index (κ2) is 6.29. The normalized spacial score (nSPS) is 11.4. The number of nitrogens with zero attached hydrogens (tertiary/aromatic N) is 1. The van der Waals surface area contributed by atoms with Crippen LogP contribution in [-0.4, -0.2) is 23.0 Å². The summed E-state index contributed by atoms with van der Waals surface area (Å²) in [5, 5.41) is 6.06. The first-order valence-electron chi connectivity index (χ1n) is 5.96. The number of aryl methyl sites for hydroxylation is 1. The van der Waals surface area contributed by atoms with Crippen LogP contribution in [0.5, 0.6) is 0 Å². The Kier molecular flexibility index (Phi) is 5.28. The number of anilines is 1. The van der Waals surface area contributed by atoms with Gasteiger partial charge < -0.3 is 10.6 Å². The van der Waals surface area contributed by atoms with Gasteiger partial charge in [-0.05, 0) is 55.8 Å². The molecule has 0 aromatic carbocycles. The van der Waals surface area contributed by atoms with E-state index in [1.54, 1.807) is 6.07 Å². The Morgan fingerprint density at radius 1 is 1.39 bits per heavy atom. The third kappa shape index (κ3) is 5.60. The summed E-state index contributed by atoms with van der Waals surface area (Å²) in [6, 6.07) is 3.66. The zero-order valence-electron chi connectivity index (χ0n) is 11.3. The number of amides is 1. The Balaban J connectivity index is 2.42. The molecule has 0 spiro atoms. The lowest BCUT2D eigenvalue weighted by Gasteiger charge is -2.20. The number of carbonyl (C=O) groups is 1. The van der Waals surface area contributed by atoms with Crippen molar-refractivity contribution in [1.82, 2.24) is 10.3 Å². The van der Waals surface area contributed by atoms with Gasteiger partial charge in [0.1, 0.15) is 5.82 Å². The molecule has 1 aromatic rings. The van der Waals surface area contributed by atoms with E-state index in [4.69, 9.17) is 0 Å².